The Morgan fingerprint density at radius 1 is 1.33 bits per heavy atom. The van der Waals surface area contributed by atoms with Gasteiger partial charge in [0.1, 0.15) is 11.0 Å². The lowest BCUT2D eigenvalue weighted by Crippen LogP contribution is -2.16. The molecule has 2 rings (SSSR count). The maximum atomic E-state index is 12.5. The van der Waals surface area contributed by atoms with Crippen molar-refractivity contribution in [2.45, 2.75) is 31.9 Å². The van der Waals surface area contributed by atoms with E-state index in [9.17, 15) is 13.2 Å². The third-order valence-electron chi connectivity index (χ3n) is 3.20. The fourth-order valence-electron chi connectivity index (χ4n) is 1.94. The molecule has 1 aliphatic carbocycles. The predicted molar refractivity (Wildman–Crippen MR) is 64.7 cm³/mol. The van der Waals surface area contributed by atoms with E-state index in [-0.39, 0.29) is 11.0 Å². The molecule has 0 atom stereocenters. The molecule has 0 aromatic carbocycles. The van der Waals surface area contributed by atoms with Crippen LogP contribution in [0, 0.1) is 5.92 Å². The van der Waals surface area contributed by atoms with E-state index >= 15 is 0 Å². The Morgan fingerprint density at radius 2 is 2.06 bits per heavy atom. The first kappa shape index (κ1) is 13.5. The minimum Gasteiger partial charge on any atom is -0.370 e. The first-order valence-electron chi connectivity index (χ1n) is 5.94. The molecule has 0 bridgehead atoms. The third kappa shape index (κ3) is 3.51. The standard InChI is InChI=1S/C12H14ClF3N2/c13-10-6-9(12(14,15)16)7-11(18-10)17-5-4-8-2-1-3-8/h6-8H,1-5H2,(H,17,18). The minimum atomic E-state index is -4.39. The quantitative estimate of drug-likeness (QED) is 0.828. The van der Waals surface area contributed by atoms with Crippen LogP contribution in [0.25, 0.3) is 0 Å². The van der Waals surface area contributed by atoms with Gasteiger partial charge in [-0.3, -0.25) is 0 Å². The van der Waals surface area contributed by atoms with Gasteiger partial charge in [0.25, 0.3) is 0 Å². The Morgan fingerprint density at radius 3 is 2.61 bits per heavy atom. The lowest BCUT2D eigenvalue weighted by Gasteiger charge is -2.25. The fraction of sp³-hybridized carbons (Fsp3) is 0.583. The van der Waals surface area contributed by atoms with Crippen LogP contribution in [-0.4, -0.2) is 11.5 Å². The van der Waals surface area contributed by atoms with E-state index in [0.29, 0.717) is 12.5 Å². The van der Waals surface area contributed by atoms with Gasteiger partial charge < -0.3 is 5.32 Å². The molecule has 100 valence electrons. The average Bonchev–Trinajstić information content (AvgIpc) is 2.20. The average molecular weight is 279 g/mol. The summed E-state index contributed by atoms with van der Waals surface area (Å²) in [4.78, 5) is 3.84. The molecule has 1 aromatic rings. The molecule has 0 amide bonds. The van der Waals surface area contributed by atoms with Gasteiger partial charge in [0.05, 0.1) is 5.56 Å². The van der Waals surface area contributed by atoms with Gasteiger partial charge in [0.15, 0.2) is 0 Å². The van der Waals surface area contributed by atoms with Crippen LogP contribution < -0.4 is 5.32 Å². The molecule has 6 heteroatoms. The van der Waals surface area contributed by atoms with Gasteiger partial charge in [-0.1, -0.05) is 30.9 Å². The summed E-state index contributed by atoms with van der Waals surface area (Å²) in [7, 11) is 0. The zero-order valence-electron chi connectivity index (χ0n) is 9.73. The minimum absolute atomic E-state index is 0.143. The van der Waals surface area contributed by atoms with E-state index in [1.54, 1.807) is 0 Å². The Labute approximate surface area is 109 Å². The van der Waals surface area contributed by atoms with E-state index in [1.165, 1.54) is 19.3 Å². The second-order valence-corrected chi connectivity index (χ2v) is 4.96. The fourth-order valence-corrected chi connectivity index (χ4v) is 2.15. The maximum absolute atomic E-state index is 12.5. The SMILES string of the molecule is FC(F)(F)c1cc(Cl)nc(NCCC2CCC2)c1. The first-order valence-corrected chi connectivity index (χ1v) is 6.31. The third-order valence-corrected chi connectivity index (χ3v) is 3.40. The monoisotopic (exact) mass is 278 g/mol. The zero-order valence-corrected chi connectivity index (χ0v) is 10.5. The van der Waals surface area contributed by atoms with Crippen LogP contribution in [0.5, 0.6) is 0 Å². The van der Waals surface area contributed by atoms with Crippen molar-refractivity contribution < 1.29 is 13.2 Å². The molecule has 0 unspecified atom stereocenters. The number of anilines is 1. The van der Waals surface area contributed by atoms with E-state index in [0.717, 1.165) is 18.6 Å². The van der Waals surface area contributed by atoms with Crippen LogP contribution in [0.1, 0.15) is 31.2 Å². The highest BCUT2D eigenvalue weighted by Gasteiger charge is 2.31. The van der Waals surface area contributed by atoms with Gasteiger partial charge in [-0.15, -0.1) is 0 Å². The summed E-state index contributed by atoms with van der Waals surface area (Å²) in [6.07, 6.45) is 0.280. The second-order valence-electron chi connectivity index (χ2n) is 4.57. The molecule has 0 saturated heterocycles. The topological polar surface area (TPSA) is 24.9 Å². The molecule has 1 fully saturated rings. The normalized spacial score (nSPS) is 16.4. The first-order chi connectivity index (χ1) is 8.45. The Hall–Kier alpha value is -0.970. The number of nitrogens with zero attached hydrogens (tertiary/aromatic N) is 1. The van der Waals surface area contributed by atoms with Crippen LogP contribution in [0.4, 0.5) is 19.0 Å². The highest BCUT2D eigenvalue weighted by Crippen LogP contribution is 2.32. The van der Waals surface area contributed by atoms with Crippen LogP contribution in [0.2, 0.25) is 5.15 Å². The molecular formula is C12H14ClF3N2. The van der Waals surface area contributed by atoms with E-state index in [2.05, 4.69) is 10.3 Å². The number of aromatic nitrogens is 1. The molecule has 1 N–H and O–H groups in total. The van der Waals surface area contributed by atoms with E-state index in [1.807, 2.05) is 0 Å². The van der Waals surface area contributed by atoms with E-state index < -0.39 is 11.7 Å². The summed E-state index contributed by atoms with van der Waals surface area (Å²) in [5.41, 5.74) is -0.770. The molecule has 1 saturated carbocycles. The highest BCUT2D eigenvalue weighted by atomic mass is 35.5. The van der Waals surface area contributed by atoms with Crippen molar-refractivity contribution in [2.75, 3.05) is 11.9 Å². The number of nitrogens with one attached hydrogen (secondary N) is 1. The number of pyridine rings is 1. The van der Waals surface area contributed by atoms with Crippen molar-refractivity contribution in [1.82, 2.24) is 4.98 Å². The zero-order chi connectivity index (χ0) is 13.2. The lowest BCUT2D eigenvalue weighted by atomic mass is 9.83. The lowest BCUT2D eigenvalue weighted by molar-refractivity contribution is -0.137. The molecule has 18 heavy (non-hydrogen) atoms. The smallest absolute Gasteiger partial charge is 0.370 e. The van der Waals surface area contributed by atoms with Gasteiger partial charge in [0, 0.05) is 6.54 Å². The number of hydrogen-bond acceptors (Lipinski definition) is 2. The summed E-state index contributed by atoms with van der Waals surface area (Å²) in [5.74, 6) is 0.896. The van der Waals surface area contributed by atoms with Crippen molar-refractivity contribution in [3.05, 3.63) is 22.8 Å². The largest absolute Gasteiger partial charge is 0.416 e. The maximum Gasteiger partial charge on any atom is 0.416 e. The molecule has 0 spiro atoms. The molecular weight excluding hydrogens is 265 g/mol. The van der Waals surface area contributed by atoms with Gasteiger partial charge in [-0.05, 0) is 24.5 Å². The van der Waals surface area contributed by atoms with Crippen molar-refractivity contribution in [1.29, 1.82) is 0 Å². The summed E-state index contributed by atoms with van der Waals surface area (Å²) in [5, 5.41) is 2.76. The van der Waals surface area contributed by atoms with Gasteiger partial charge in [0.2, 0.25) is 0 Å². The molecule has 1 heterocycles. The summed E-state index contributed by atoms with van der Waals surface area (Å²) >= 11 is 5.58. The van der Waals surface area contributed by atoms with E-state index in [4.69, 9.17) is 11.6 Å². The van der Waals surface area contributed by atoms with Gasteiger partial charge in [-0.25, -0.2) is 4.98 Å². The van der Waals surface area contributed by atoms with Crippen LogP contribution in [-0.2, 0) is 6.18 Å². The summed E-state index contributed by atoms with van der Waals surface area (Å²) in [6, 6.07) is 1.82. The molecule has 0 radical (unpaired) electrons. The van der Waals surface area contributed by atoms with Gasteiger partial charge >= 0.3 is 6.18 Å². The van der Waals surface area contributed by atoms with Crippen molar-refractivity contribution in [3.63, 3.8) is 0 Å². The highest BCUT2D eigenvalue weighted by molar-refractivity contribution is 6.29. The number of rotatable bonds is 4. The number of hydrogen-bond donors (Lipinski definition) is 1. The molecule has 2 nitrogen and oxygen atoms in total. The second kappa shape index (κ2) is 5.34. The molecule has 1 aliphatic rings. The van der Waals surface area contributed by atoms with Crippen molar-refractivity contribution >= 4 is 17.4 Å². The summed E-state index contributed by atoms with van der Waals surface area (Å²) in [6.45, 7) is 0.634. The van der Waals surface area contributed by atoms with Crippen molar-refractivity contribution in [2.24, 2.45) is 5.92 Å². The molecule has 1 aromatic heterocycles. The van der Waals surface area contributed by atoms with Gasteiger partial charge in [-0.2, -0.15) is 13.2 Å². The van der Waals surface area contributed by atoms with Crippen LogP contribution in [0.15, 0.2) is 12.1 Å². The number of halogens is 4. The molecule has 0 aliphatic heterocycles. The van der Waals surface area contributed by atoms with Crippen LogP contribution >= 0.6 is 11.6 Å². The number of alkyl halides is 3. The van der Waals surface area contributed by atoms with Crippen LogP contribution in [0.3, 0.4) is 0 Å². The Kier molecular flexibility index (Phi) is 4.00. The predicted octanol–water partition coefficient (Wildman–Crippen LogP) is 4.36. The van der Waals surface area contributed by atoms with Crippen molar-refractivity contribution in [3.8, 4) is 0 Å². The Balaban J connectivity index is 1.96. The summed E-state index contributed by atoms with van der Waals surface area (Å²) < 4.78 is 37.6. The Bertz CT molecular complexity index is 416.